The number of hydrogen-bond donors (Lipinski definition) is 3. The zero-order valence-corrected chi connectivity index (χ0v) is 68.4. The first-order valence-corrected chi connectivity index (χ1v) is 44.4. The maximum absolute atomic E-state index is 13.1. The molecule has 0 aromatic heterocycles. The summed E-state index contributed by atoms with van der Waals surface area (Å²) in [5.74, 6) is -2.28. The van der Waals surface area contributed by atoms with Gasteiger partial charge in [0.05, 0.1) is 26.4 Å². The Balaban J connectivity index is 5.46. The average molecular weight is 1530 g/mol. The van der Waals surface area contributed by atoms with E-state index in [-0.39, 0.29) is 25.7 Å². The summed E-state index contributed by atoms with van der Waals surface area (Å²) in [4.78, 5) is 73.1. The van der Waals surface area contributed by atoms with Crippen molar-refractivity contribution in [2.24, 2.45) is 0 Å². The number of aliphatic hydroxyl groups excluding tert-OH is 1. The molecule has 0 heterocycles. The van der Waals surface area contributed by atoms with Crippen molar-refractivity contribution in [2.75, 3.05) is 39.6 Å². The summed E-state index contributed by atoms with van der Waals surface area (Å²) < 4.78 is 68.6. The van der Waals surface area contributed by atoms with E-state index in [1.54, 1.807) is 0 Å². The van der Waals surface area contributed by atoms with E-state index in [2.05, 4.69) is 149 Å². The van der Waals surface area contributed by atoms with E-state index in [1.165, 1.54) is 96.3 Å². The Hall–Kier alpha value is -4.80. The lowest BCUT2D eigenvalue weighted by Crippen LogP contribution is -2.30. The molecule has 0 amide bonds. The van der Waals surface area contributed by atoms with E-state index < -0.39 is 97.5 Å². The number of unbranched alkanes of at least 4 members (excludes halogenated alkanes) is 29. The van der Waals surface area contributed by atoms with E-state index >= 15 is 0 Å². The maximum Gasteiger partial charge on any atom is 0.472 e. The SMILES string of the molecule is CC/C=C\C/C=C\C/C=C\C/C=C\C/C=C\CCCCCC(=O)O[C@H](COC(=O)CCCCCCCCC/C=C\CCCCCC)COP(=O)(O)OC[C@@H](O)COP(=O)(O)OC[C@@H](COC(=O)CCCCCCCCC/C=C\CCCCCC)OC(=O)CCC/C=C\C/C=C\C/C=C\C/C=C\CCCCC. The topological polar surface area (TPSA) is 237 Å². The van der Waals surface area contributed by atoms with Crippen molar-refractivity contribution < 1.29 is 80.2 Å². The molecule has 0 saturated carbocycles. The standard InChI is InChI=1S/C87H148O17P2/c1-5-9-13-17-21-25-29-33-37-39-40-42-46-50-54-58-62-66-70-74-87(92)104-83(78-98-85(90)72-68-64-60-56-52-48-44-36-32-28-24-20-16-12-8-4)80-102-106(95,96)100-76-81(88)75-99-105(93,94)101-79-82(77-97-84(89)71-67-63-59-55-51-47-43-35-31-27-23-19-15-11-7-3)103-86(91)73-69-65-61-57-53-49-45-41-38-34-30-26-22-18-14-10-6-2/h9,13,21-22,25-28,31-34,37-38,40,42,45,49-50,54,57,61,81-83,88H,5-8,10-12,14-20,23-24,29-30,35-36,39,41,43-44,46-48,51-53,55-56,58-60,62-80H2,1-4H3,(H,93,94)(H,95,96)/b13-9-,25-21-,26-22-,31-27-,32-28-,37-33-,38-34-,42-40-,49-45-,54-50-,61-57-/t81-,82+,83+/m0/s1. The highest BCUT2D eigenvalue weighted by molar-refractivity contribution is 7.47. The molecule has 106 heavy (non-hydrogen) atoms. The summed E-state index contributed by atoms with van der Waals surface area (Å²) in [6.07, 6.45) is 88.5. The zero-order valence-electron chi connectivity index (χ0n) is 66.6. The molecule has 0 aromatic carbocycles. The van der Waals surface area contributed by atoms with Crippen LogP contribution in [0.5, 0.6) is 0 Å². The molecule has 5 atom stereocenters. The number of phosphoric ester groups is 2. The first-order valence-electron chi connectivity index (χ1n) is 41.4. The Kier molecular flexibility index (Phi) is 74.8. The van der Waals surface area contributed by atoms with Gasteiger partial charge in [0.2, 0.25) is 0 Å². The smallest absolute Gasteiger partial charge is 0.462 e. The third-order valence-electron chi connectivity index (χ3n) is 17.1. The molecule has 2 unspecified atom stereocenters. The largest absolute Gasteiger partial charge is 0.472 e. The zero-order chi connectivity index (χ0) is 77.4. The van der Waals surface area contributed by atoms with Crippen molar-refractivity contribution in [2.45, 2.75) is 354 Å². The number of esters is 4. The van der Waals surface area contributed by atoms with E-state index in [0.717, 1.165) is 154 Å². The van der Waals surface area contributed by atoms with Gasteiger partial charge < -0.3 is 33.8 Å². The van der Waals surface area contributed by atoms with E-state index in [4.69, 9.17) is 37.0 Å². The lowest BCUT2D eigenvalue weighted by atomic mass is 10.1. The van der Waals surface area contributed by atoms with Gasteiger partial charge in [0.25, 0.3) is 0 Å². The number of ether oxygens (including phenoxy) is 4. The van der Waals surface area contributed by atoms with E-state index in [0.29, 0.717) is 32.1 Å². The molecule has 19 heteroatoms. The maximum atomic E-state index is 13.1. The van der Waals surface area contributed by atoms with Crippen LogP contribution in [0.1, 0.15) is 336 Å². The summed E-state index contributed by atoms with van der Waals surface area (Å²) in [5.41, 5.74) is 0. The molecule has 0 aliphatic heterocycles. The van der Waals surface area contributed by atoms with Crippen LogP contribution >= 0.6 is 15.6 Å². The molecule has 17 nitrogen and oxygen atoms in total. The normalized spacial score (nSPS) is 14.5. The molecule has 3 N–H and O–H groups in total. The van der Waals surface area contributed by atoms with Crippen molar-refractivity contribution in [3.63, 3.8) is 0 Å². The molecular weight excluding hydrogens is 1380 g/mol. The Morgan fingerprint density at radius 2 is 0.500 bits per heavy atom. The third kappa shape index (κ3) is 77.4. The number of allylic oxidation sites excluding steroid dienone is 22. The number of carbonyl (C=O) groups is 4. The minimum atomic E-state index is -5.00. The fourth-order valence-electron chi connectivity index (χ4n) is 10.8. The van der Waals surface area contributed by atoms with Gasteiger partial charge in [0, 0.05) is 25.7 Å². The van der Waals surface area contributed by atoms with Crippen LogP contribution in [0.25, 0.3) is 0 Å². The summed E-state index contributed by atoms with van der Waals surface area (Å²) in [5, 5.41) is 10.7. The quantitative estimate of drug-likeness (QED) is 0.0169. The molecule has 0 spiro atoms. The Bertz CT molecular complexity index is 2530. The average Bonchev–Trinajstić information content (AvgIpc) is 0.906. The van der Waals surface area contributed by atoms with Gasteiger partial charge in [0.1, 0.15) is 19.3 Å². The molecule has 0 bridgehead atoms. The second-order valence-electron chi connectivity index (χ2n) is 27.3. The fraction of sp³-hybridized carbons (Fsp3) is 0.701. The second kappa shape index (κ2) is 78.3. The number of phosphoric acid groups is 2. The van der Waals surface area contributed by atoms with Crippen LogP contribution in [0, 0.1) is 0 Å². The van der Waals surface area contributed by atoms with E-state index in [1.807, 2.05) is 12.2 Å². The third-order valence-corrected chi connectivity index (χ3v) is 19.0. The van der Waals surface area contributed by atoms with Gasteiger partial charge in [-0.25, -0.2) is 9.13 Å². The van der Waals surface area contributed by atoms with Crippen LogP contribution in [-0.2, 0) is 65.4 Å². The predicted molar refractivity (Wildman–Crippen MR) is 436 cm³/mol. The summed E-state index contributed by atoms with van der Waals surface area (Å²) in [6, 6.07) is 0. The molecule has 608 valence electrons. The van der Waals surface area contributed by atoms with Crippen molar-refractivity contribution in [1.82, 2.24) is 0 Å². The van der Waals surface area contributed by atoms with Crippen molar-refractivity contribution in [3.05, 3.63) is 134 Å². The monoisotopic (exact) mass is 1530 g/mol. The van der Waals surface area contributed by atoms with Crippen molar-refractivity contribution in [1.29, 1.82) is 0 Å². The van der Waals surface area contributed by atoms with Gasteiger partial charge in [-0.1, -0.05) is 283 Å². The van der Waals surface area contributed by atoms with Gasteiger partial charge in [-0.15, -0.1) is 0 Å². The number of aliphatic hydroxyl groups is 1. The molecule has 0 radical (unpaired) electrons. The van der Waals surface area contributed by atoms with Crippen molar-refractivity contribution >= 4 is 39.5 Å². The Labute approximate surface area is 644 Å². The fourth-order valence-corrected chi connectivity index (χ4v) is 12.3. The molecule has 0 fully saturated rings. The van der Waals surface area contributed by atoms with Gasteiger partial charge in [-0.2, -0.15) is 0 Å². The summed E-state index contributed by atoms with van der Waals surface area (Å²) in [7, 11) is -10.00. The van der Waals surface area contributed by atoms with Gasteiger partial charge in [-0.3, -0.25) is 37.3 Å². The summed E-state index contributed by atoms with van der Waals surface area (Å²) in [6.45, 7) is 4.63. The minimum absolute atomic E-state index is 0.0157. The van der Waals surface area contributed by atoms with Crippen LogP contribution in [0.15, 0.2) is 134 Å². The molecule has 0 saturated heterocycles. The van der Waals surface area contributed by atoms with Crippen LogP contribution in [0.2, 0.25) is 0 Å². The number of hydrogen-bond acceptors (Lipinski definition) is 15. The molecular formula is C87H148O17P2. The number of rotatable bonds is 77. The first-order chi connectivity index (χ1) is 51.7. The van der Waals surface area contributed by atoms with Gasteiger partial charge in [0.15, 0.2) is 12.2 Å². The molecule has 0 aromatic rings. The lowest BCUT2D eigenvalue weighted by molar-refractivity contribution is -0.161. The highest BCUT2D eigenvalue weighted by Crippen LogP contribution is 2.45. The van der Waals surface area contributed by atoms with Crippen LogP contribution in [0.4, 0.5) is 0 Å². The van der Waals surface area contributed by atoms with Crippen LogP contribution < -0.4 is 0 Å². The molecule has 0 rings (SSSR count). The first kappa shape index (κ1) is 101. The molecule has 0 aliphatic carbocycles. The lowest BCUT2D eigenvalue weighted by Gasteiger charge is -2.21. The second-order valence-corrected chi connectivity index (χ2v) is 30.2. The van der Waals surface area contributed by atoms with Gasteiger partial charge >= 0.3 is 39.5 Å². The predicted octanol–water partition coefficient (Wildman–Crippen LogP) is 24.4. The van der Waals surface area contributed by atoms with Crippen molar-refractivity contribution in [3.8, 4) is 0 Å². The highest BCUT2D eigenvalue weighted by atomic mass is 31.2. The van der Waals surface area contributed by atoms with Gasteiger partial charge in [-0.05, 0) is 161 Å². The highest BCUT2D eigenvalue weighted by Gasteiger charge is 2.30. The summed E-state index contributed by atoms with van der Waals surface area (Å²) >= 11 is 0. The van der Waals surface area contributed by atoms with Crippen LogP contribution in [-0.4, -0.2) is 96.7 Å². The molecule has 0 aliphatic rings. The Morgan fingerprint density at radius 3 is 0.830 bits per heavy atom. The van der Waals surface area contributed by atoms with E-state index in [9.17, 15) is 43.2 Å². The van der Waals surface area contributed by atoms with Crippen LogP contribution in [0.3, 0.4) is 0 Å². The number of carbonyl (C=O) groups excluding carboxylic acids is 4. The minimum Gasteiger partial charge on any atom is -0.462 e. The Morgan fingerprint density at radius 1 is 0.274 bits per heavy atom.